The number of nitrogens with zero attached hydrogens (tertiary/aromatic N) is 1. The number of rotatable bonds is 6. The van der Waals surface area contributed by atoms with Crippen molar-refractivity contribution in [3.05, 3.63) is 0 Å². The summed E-state index contributed by atoms with van der Waals surface area (Å²) in [6.07, 6.45) is 4.46. The molecule has 4 nitrogen and oxygen atoms in total. The van der Waals surface area contributed by atoms with Crippen molar-refractivity contribution in [1.82, 2.24) is 5.32 Å². The Labute approximate surface area is 97.3 Å². The van der Waals surface area contributed by atoms with Crippen molar-refractivity contribution >= 4 is 5.84 Å². The lowest BCUT2D eigenvalue weighted by molar-refractivity contribution is 0.314. The largest absolute Gasteiger partial charge is 0.409 e. The highest BCUT2D eigenvalue weighted by Crippen LogP contribution is 2.52. The maximum Gasteiger partial charge on any atom is 0.139 e. The first kappa shape index (κ1) is 11.7. The molecule has 0 spiro atoms. The number of amidine groups is 1. The fourth-order valence-corrected chi connectivity index (χ4v) is 2.45. The molecule has 0 bridgehead atoms. The van der Waals surface area contributed by atoms with Gasteiger partial charge in [0.2, 0.25) is 0 Å². The van der Waals surface area contributed by atoms with Crippen molar-refractivity contribution < 1.29 is 5.21 Å². The van der Waals surface area contributed by atoms with Crippen LogP contribution < -0.4 is 11.1 Å². The van der Waals surface area contributed by atoms with E-state index >= 15 is 0 Å². The monoisotopic (exact) mass is 225 g/mol. The molecule has 2 saturated carbocycles. The van der Waals surface area contributed by atoms with E-state index in [0.717, 1.165) is 25.4 Å². The van der Waals surface area contributed by atoms with E-state index in [4.69, 9.17) is 10.9 Å². The molecule has 2 fully saturated rings. The first-order valence-electron chi connectivity index (χ1n) is 6.15. The van der Waals surface area contributed by atoms with Crippen LogP contribution in [-0.2, 0) is 0 Å². The first-order chi connectivity index (χ1) is 7.47. The van der Waals surface area contributed by atoms with Crippen LogP contribution in [-0.4, -0.2) is 24.1 Å². The van der Waals surface area contributed by atoms with Crippen molar-refractivity contribution in [1.29, 1.82) is 0 Å². The normalized spacial score (nSPS) is 30.1. The molecule has 0 aliphatic heterocycles. The molecule has 0 radical (unpaired) electrons. The van der Waals surface area contributed by atoms with Crippen molar-refractivity contribution in [2.24, 2.45) is 27.6 Å². The smallest absolute Gasteiger partial charge is 0.139 e. The van der Waals surface area contributed by atoms with E-state index in [1.807, 2.05) is 0 Å². The molecule has 0 aromatic carbocycles. The summed E-state index contributed by atoms with van der Waals surface area (Å²) >= 11 is 0. The standard InChI is InChI=1S/C12H23N3O/c1-11(2)5-9(11)7-14-8-12(3-4-12)6-10(13)15-16/h9,14,16H,3-8H2,1-2H3,(H2,13,15). The molecule has 2 aliphatic carbocycles. The van der Waals surface area contributed by atoms with Crippen molar-refractivity contribution in [3.8, 4) is 0 Å². The Kier molecular flexibility index (Phi) is 2.86. The molecular weight excluding hydrogens is 202 g/mol. The Morgan fingerprint density at radius 2 is 2.12 bits per heavy atom. The second kappa shape index (κ2) is 3.91. The number of oxime groups is 1. The molecule has 16 heavy (non-hydrogen) atoms. The highest BCUT2D eigenvalue weighted by molar-refractivity contribution is 5.80. The van der Waals surface area contributed by atoms with Crippen LogP contribution >= 0.6 is 0 Å². The zero-order valence-electron chi connectivity index (χ0n) is 10.3. The zero-order valence-corrected chi connectivity index (χ0v) is 10.3. The maximum atomic E-state index is 8.56. The van der Waals surface area contributed by atoms with Crippen LogP contribution in [0.4, 0.5) is 0 Å². The maximum absolute atomic E-state index is 8.56. The summed E-state index contributed by atoms with van der Waals surface area (Å²) in [6, 6.07) is 0. The van der Waals surface area contributed by atoms with Crippen LogP contribution in [0.25, 0.3) is 0 Å². The number of nitrogens with two attached hydrogens (primary N) is 1. The highest BCUT2D eigenvalue weighted by atomic mass is 16.4. The molecular formula is C12H23N3O. The molecule has 2 rings (SSSR count). The van der Waals surface area contributed by atoms with Crippen LogP contribution in [0.5, 0.6) is 0 Å². The van der Waals surface area contributed by atoms with E-state index in [-0.39, 0.29) is 5.41 Å². The van der Waals surface area contributed by atoms with Gasteiger partial charge in [0.25, 0.3) is 0 Å². The summed E-state index contributed by atoms with van der Waals surface area (Å²) in [7, 11) is 0. The minimum Gasteiger partial charge on any atom is -0.409 e. The van der Waals surface area contributed by atoms with E-state index in [2.05, 4.69) is 24.3 Å². The molecule has 0 heterocycles. The molecule has 0 aromatic rings. The zero-order chi connectivity index (χ0) is 11.8. The molecule has 0 saturated heterocycles. The van der Waals surface area contributed by atoms with Crippen molar-refractivity contribution in [3.63, 3.8) is 0 Å². The summed E-state index contributed by atoms with van der Waals surface area (Å²) in [5.41, 5.74) is 6.40. The van der Waals surface area contributed by atoms with Gasteiger partial charge in [-0.05, 0) is 42.6 Å². The van der Waals surface area contributed by atoms with E-state index in [1.54, 1.807) is 0 Å². The van der Waals surface area contributed by atoms with E-state index < -0.39 is 0 Å². The molecule has 4 heteroatoms. The predicted molar refractivity (Wildman–Crippen MR) is 64.5 cm³/mol. The SMILES string of the molecule is CC1(C)CC1CNCC1(CC(N)=NO)CC1. The fourth-order valence-electron chi connectivity index (χ4n) is 2.45. The molecule has 0 aromatic heterocycles. The topological polar surface area (TPSA) is 70.6 Å². The van der Waals surface area contributed by atoms with Gasteiger partial charge < -0.3 is 16.3 Å². The average molecular weight is 225 g/mol. The van der Waals surface area contributed by atoms with Gasteiger partial charge in [0.15, 0.2) is 0 Å². The highest BCUT2D eigenvalue weighted by Gasteiger charge is 2.46. The van der Waals surface area contributed by atoms with Gasteiger partial charge in [0.05, 0.1) is 0 Å². The average Bonchev–Trinajstić information content (AvgIpc) is 3.08. The Hall–Kier alpha value is -0.770. The van der Waals surface area contributed by atoms with Crippen LogP contribution in [0.3, 0.4) is 0 Å². The van der Waals surface area contributed by atoms with Crippen LogP contribution in [0.1, 0.15) is 39.5 Å². The van der Waals surface area contributed by atoms with Crippen LogP contribution in [0.2, 0.25) is 0 Å². The third kappa shape index (κ3) is 2.67. The fraction of sp³-hybridized carbons (Fsp3) is 0.917. The van der Waals surface area contributed by atoms with E-state index in [9.17, 15) is 0 Å². The third-order valence-electron chi connectivity index (χ3n) is 4.25. The van der Waals surface area contributed by atoms with Gasteiger partial charge >= 0.3 is 0 Å². The molecule has 0 amide bonds. The number of hydrogen-bond acceptors (Lipinski definition) is 3. The van der Waals surface area contributed by atoms with Crippen molar-refractivity contribution in [2.45, 2.75) is 39.5 Å². The van der Waals surface area contributed by atoms with E-state index in [1.165, 1.54) is 19.3 Å². The van der Waals surface area contributed by atoms with Gasteiger partial charge in [0.1, 0.15) is 5.84 Å². The second-order valence-electron chi connectivity index (χ2n) is 6.29. The van der Waals surface area contributed by atoms with Gasteiger partial charge in [-0.2, -0.15) is 0 Å². The summed E-state index contributed by atoms with van der Waals surface area (Å²) in [6.45, 7) is 6.77. The molecule has 2 aliphatic rings. The van der Waals surface area contributed by atoms with Gasteiger partial charge in [0, 0.05) is 13.0 Å². The van der Waals surface area contributed by atoms with Gasteiger partial charge in [-0.3, -0.25) is 0 Å². The summed E-state index contributed by atoms with van der Waals surface area (Å²) < 4.78 is 0. The van der Waals surface area contributed by atoms with Crippen LogP contribution in [0, 0.1) is 16.7 Å². The minimum absolute atomic E-state index is 0.287. The summed E-state index contributed by atoms with van der Waals surface area (Å²) in [4.78, 5) is 0. The summed E-state index contributed by atoms with van der Waals surface area (Å²) in [5, 5.41) is 15.2. The second-order valence-corrected chi connectivity index (χ2v) is 6.29. The van der Waals surface area contributed by atoms with Gasteiger partial charge in [-0.1, -0.05) is 19.0 Å². The quantitative estimate of drug-likeness (QED) is 0.278. The lowest BCUT2D eigenvalue weighted by atomic mass is 10.0. The Balaban J connectivity index is 1.66. The Morgan fingerprint density at radius 1 is 1.50 bits per heavy atom. The minimum atomic E-state index is 0.287. The lowest BCUT2D eigenvalue weighted by Gasteiger charge is -2.15. The number of nitrogens with one attached hydrogen (secondary N) is 1. The van der Waals surface area contributed by atoms with Crippen molar-refractivity contribution in [2.75, 3.05) is 13.1 Å². The van der Waals surface area contributed by atoms with E-state index in [0.29, 0.717) is 11.3 Å². The van der Waals surface area contributed by atoms with Gasteiger partial charge in [-0.15, -0.1) is 0 Å². The predicted octanol–water partition coefficient (Wildman–Crippen LogP) is 1.54. The number of hydrogen-bond donors (Lipinski definition) is 3. The Morgan fingerprint density at radius 3 is 2.56 bits per heavy atom. The van der Waals surface area contributed by atoms with Gasteiger partial charge in [-0.25, -0.2) is 0 Å². The van der Waals surface area contributed by atoms with Crippen LogP contribution in [0.15, 0.2) is 5.16 Å². The molecule has 92 valence electrons. The Bertz CT molecular complexity index is 295. The molecule has 1 atom stereocenters. The third-order valence-corrected chi connectivity index (χ3v) is 4.25. The lowest BCUT2D eigenvalue weighted by Crippen LogP contribution is -2.30. The molecule has 4 N–H and O–H groups in total. The first-order valence-corrected chi connectivity index (χ1v) is 6.15. The summed E-state index contributed by atoms with van der Waals surface area (Å²) in [5.74, 6) is 1.21. The molecule has 1 unspecified atom stereocenters.